The Labute approximate surface area is 69.3 Å². The Kier molecular flexibility index (Phi) is 2.30. The van der Waals surface area contributed by atoms with Gasteiger partial charge in [-0.05, 0) is 0 Å². The summed E-state index contributed by atoms with van der Waals surface area (Å²) in [5, 5.41) is -0.271. The van der Waals surface area contributed by atoms with Gasteiger partial charge in [0.15, 0.2) is 11.1 Å². The molecule has 0 fully saturated rings. The van der Waals surface area contributed by atoms with Crippen LogP contribution in [0.15, 0.2) is 24.3 Å². The maximum atomic E-state index is 10.8. The molecule has 62 valence electrons. The first kappa shape index (κ1) is 8.68. The van der Waals surface area contributed by atoms with E-state index in [1.165, 1.54) is 0 Å². The lowest BCUT2D eigenvalue weighted by Gasteiger charge is -2.28. The van der Waals surface area contributed by atoms with Crippen molar-refractivity contribution in [3.8, 4) is 0 Å². The molecule has 2 atom stereocenters. The van der Waals surface area contributed by atoms with Crippen LogP contribution in [0.5, 0.6) is 0 Å². The summed E-state index contributed by atoms with van der Waals surface area (Å²) in [7, 11) is 0. The van der Waals surface area contributed by atoms with Crippen LogP contribution in [-0.2, 0) is 11.1 Å². The van der Waals surface area contributed by atoms with Gasteiger partial charge in [-0.3, -0.25) is 0 Å². The molecule has 11 heavy (non-hydrogen) atoms. The van der Waals surface area contributed by atoms with Gasteiger partial charge in [0.1, 0.15) is 0 Å². The highest BCUT2D eigenvalue weighted by molar-refractivity contribution is 7.80. The van der Waals surface area contributed by atoms with Gasteiger partial charge in [-0.2, -0.15) is 0 Å². The van der Waals surface area contributed by atoms with Crippen LogP contribution in [0.25, 0.3) is 0 Å². The molecule has 0 aromatic heterocycles. The van der Waals surface area contributed by atoms with Crippen molar-refractivity contribution in [3.63, 3.8) is 0 Å². The van der Waals surface area contributed by atoms with Crippen molar-refractivity contribution in [2.45, 2.75) is 19.1 Å². The number of hydrogen-bond acceptors (Lipinski definition) is 1. The highest BCUT2D eigenvalue weighted by atomic mass is 32.2. The van der Waals surface area contributed by atoms with E-state index in [0.29, 0.717) is 0 Å². The molecule has 0 amide bonds. The van der Waals surface area contributed by atoms with E-state index in [0.717, 1.165) is 0 Å². The number of allylic oxidation sites excluding steroid dienone is 3. The second-order valence-corrected chi connectivity index (χ2v) is 4.32. The van der Waals surface area contributed by atoms with Gasteiger partial charge in [0, 0.05) is 5.41 Å². The molecule has 0 saturated heterocycles. The van der Waals surface area contributed by atoms with Crippen LogP contribution < -0.4 is 0 Å². The summed E-state index contributed by atoms with van der Waals surface area (Å²) in [6.07, 6.45) is 7.44. The van der Waals surface area contributed by atoms with E-state index in [-0.39, 0.29) is 10.7 Å². The smallest absolute Gasteiger partial charge is 0.160 e. The van der Waals surface area contributed by atoms with Gasteiger partial charge in [-0.1, -0.05) is 38.2 Å². The minimum atomic E-state index is -1.76. The predicted molar refractivity (Wildman–Crippen MR) is 46.6 cm³/mol. The summed E-state index contributed by atoms with van der Waals surface area (Å²) in [5.41, 5.74) is -0.200. The van der Waals surface area contributed by atoms with Crippen molar-refractivity contribution in [1.82, 2.24) is 0 Å². The minimum Gasteiger partial charge on any atom is -0.306 e. The molecular formula is C8H12O2S. The monoisotopic (exact) mass is 172 g/mol. The zero-order valence-corrected chi connectivity index (χ0v) is 7.47. The first-order chi connectivity index (χ1) is 5.04. The lowest BCUT2D eigenvalue weighted by Crippen LogP contribution is -2.30. The van der Waals surface area contributed by atoms with Crippen molar-refractivity contribution in [1.29, 1.82) is 0 Å². The molecule has 1 aliphatic rings. The summed E-state index contributed by atoms with van der Waals surface area (Å²) < 4.78 is 19.7. The number of hydrogen-bond donors (Lipinski definition) is 1. The normalized spacial score (nSPS) is 30.3. The van der Waals surface area contributed by atoms with E-state index < -0.39 is 11.1 Å². The highest BCUT2D eigenvalue weighted by Gasteiger charge is 2.30. The summed E-state index contributed by atoms with van der Waals surface area (Å²) in [6.45, 7) is 3.90. The Morgan fingerprint density at radius 2 is 2.09 bits per heavy atom. The molecule has 2 unspecified atom stereocenters. The second kappa shape index (κ2) is 2.91. The van der Waals surface area contributed by atoms with E-state index >= 15 is 0 Å². The minimum absolute atomic E-state index is 0.200. The SMILES string of the molecule is CC1(C)C=CC=CC1S(=O)O. The fourth-order valence-electron chi connectivity index (χ4n) is 1.14. The van der Waals surface area contributed by atoms with Crippen molar-refractivity contribution in [2.75, 3.05) is 0 Å². The molecule has 1 aliphatic carbocycles. The van der Waals surface area contributed by atoms with Gasteiger partial charge < -0.3 is 4.55 Å². The van der Waals surface area contributed by atoms with Gasteiger partial charge in [-0.25, -0.2) is 4.21 Å². The van der Waals surface area contributed by atoms with Gasteiger partial charge >= 0.3 is 0 Å². The molecule has 0 radical (unpaired) electrons. The van der Waals surface area contributed by atoms with Crippen LogP contribution in [0.3, 0.4) is 0 Å². The van der Waals surface area contributed by atoms with E-state index in [4.69, 9.17) is 4.55 Å². The first-order valence-corrected chi connectivity index (χ1v) is 4.67. The molecule has 0 saturated carbocycles. The van der Waals surface area contributed by atoms with Gasteiger partial charge in [0.2, 0.25) is 0 Å². The van der Waals surface area contributed by atoms with E-state index in [1.807, 2.05) is 32.1 Å². The zero-order valence-electron chi connectivity index (χ0n) is 6.65. The van der Waals surface area contributed by atoms with Crippen LogP contribution in [0.4, 0.5) is 0 Å². The third-order valence-corrected chi connectivity index (χ3v) is 3.07. The molecular weight excluding hydrogens is 160 g/mol. The Morgan fingerprint density at radius 1 is 1.45 bits per heavy atom. The molecule has 1 rings (SSSR count). The molecule has 0 bridgehead atoms. The van der Waals surface area contributed by atoms with Crippen LogP contribution in [0.2, 0.25) is 0 Å². The van der Waals surface area contributed by atoms with E-state index in [9.17, 15) is 4.21 Å². The third-order valence-electron chi connectivity index (χ3n) is 1.87. The average molecular weight is 172 g/mol. The largest absolute Gasteiger partial charge is 0.306 e. The van der Waals surface area contributed by atoms with Crippen LogP contribution in [0, 0.1) is 5.41 Å². The zero-order chi connectivity index (χ0) is 8.48. The van der Waals surface area contributed by atoms with E-state index in [1.54, 1.807) is 6.08 Å². The van der Waals surface area contributed by atoms with Gasteiger partial charge in [0.05, 0.1) is 5.25 Å². The second-order valence-electron chi connectivity index (χ2n) is 3.26. The van der Waals surface area contributed by atoms with Gasteiger partial charge in [0.25, 0.3) is 0 Å². The maximum absolute atomic E-state index is 10.8. The molecule has 0 heterocycles. The topological polar surface area (TPSA) is 37.3 Å². The predicted octanol–water partition coefficient (Wildman–Crippen LogP) is 1.73. The van der Waals surface area contributed by atoms with Crippen molar-refractivity contribution in [2.24, 2.45) is 5.41 Å². The Bertz CT molecular complexity index is 228. The van der Waals surface area contributed by atoms with Crippen LogP contribution in [-0.4, -0.2) is 14.0 Å². The molecule has 2 nitrogen and oxygen atoms in total. The Balaban J connectivity index is 2.89. The van der Waals surface area contributed by atoms with E-state index in [2.05, 4.69) is 0 Å². The molecule has 3 heteroatoms. The molecule has 0 aliphatic heterocycles. The number of rotatable bonds is 1. The standard InChI is InChI=1S/C8H12O2S/c1-8(2)6-4-3-5-7(8)11(9)10/h3-7H,1-2H3,(H,9,10). The molecule has 1 N–H and O–H groups in total. The van der Waals surface area contributed by atoms with Crippen molar-refractivity contribution < 1.29 is 8.76 Å². The average Bonchev–Trinajstić information content (AvgIpc) is 1.85. The first-order valence-electron chi connectivity index (χ1n) is 3.50. The maximum Gasteiger partial charge on any atom is 0.160 e. The molecule has 0 aromatic carbocycles. The van der Waals surface area contributed by atoms with Gasteiger partial charge in [-0.15, -0.1) is 0 Å². The van der Waals surface area contributed by atoms with Crippen molar-refractivity contribution >= 4 is 11.1 Å². The quantitative estimate of drug-likeness (QED) is 0.611. The summed E-state index contributed by atoms with van der Waals surface area (Å²) >= 11 is -1.76. The molecule has 0 spiro atoms. The third kappa shape index (κ3) is 1.79. The fraction of sp³-hybridized carbons (Fsp3) is 0.500. The summed E-state index contributed by atoms with van der Waals surface area (Å²) in [4.78, 5) is 0. The summed E-state index contributed by atoms with van der Waals surface area (Å²) in [5.74, 6) is 0. The lowest BCUT2D eigenvalue weighted by atomic mass is 9.86. The fourth-order valence-corrected chi connectivity index (χ4v) is 1.96. The lowest BCUT2D eigenvalue weighted by molar-refractivity contribution is 0.456. The highest BCUT2D eigenvalue weighted by Crippen LogP contribution is 2.29. The Hall–Kier alpha value is -0.410. The van der Waals surface area contributed by atoms with Crippen LogP contribution in [0.1, 0.15) is 13.8 Å². The van der Waals surface area contributed by atoms with Crippen LogP contribution >= 0.6 is 0 Å². The molecule has 0 aromatic rings. The van der Waals surface area contributed by atoms with Crippen molar-refractivity contribution in [3.05, 3.63) is 24.3 Å². The Morgan fingerprint density at radius 3 is 2.45 bits per heavy atom. The summed E-state index contributed by atoms with van der Waals surface area (Å²) in [6, 6.07) is 0.